The Morgan fingerprint density at radius 2 is 1.33 bits per heavy atom. The third-order valence-corrected chi connectivity index (χ3v) is 4.02. The summed E-state index contributed by atoms with van der Waals surface area (Å²) in [6, 6.07) is 0. The first kappa shape index (κ1) is 13.1. The van der Waals surface area contributed by atoms with E-state index in [0.29, 0.717) is 5.41 Å². The topological polar surface area (TPSA) is 0 Å². The van der Waals surface area contributed by atoms with Gasteiger partial charge in [-0.05, 0) is 48.9 Å². The highest BCUT2D eigenvalue weighted by Crippen LogP contribution is 2.47. The quantitative estimate of drug-likeness (QED) is 0.592. The summed E-state index contributed by atoms with van der Waals surface area (Å²) in [7, 11) is 0. The van der Waals surface area contributed by atoms with Crippen LogP contribution in [0.25, 0.3) is 0 Å². The van der Waals surface area contributed by atoms with E-state index in [1.54, 1.807) is 0 Å². The average molecular weight is 210 g/mol. The van der Waals surface area contributed by atoms with Gasteiger partial charge in [0.1, 0.15) is 0 Å². The van der Waals surface area contributed by atoms with E-state index in [-0.39, 0.29) is 0 Å². The van der Waals surface area contributed by atoms with Crippen molar-refractivity contribution in [2.75, 3.05) is 0 Å². The molecule has 0 N–H and O–H groups in total. The van der Waals surface area contributed by atoms with Crippen molar-refractivity contribution in [3.8, 4) is 0 Å². The summed E-state index contributed by atoms with van der Waals surface area (Å²) in [5.41, 5.74) is 0.703. The Balaban J connectivity index is 2.60. The summed E-state index contributed by atoms with van der Waals surface area (Å²) in [4.78, 5) is 0. The van der Waals surface area contributed by atoms with Crippen molar-refractivity contribution in [3.05, 3.63) is 0 Å². The largest absolute Gasteiger partial charge is 0.0628 e. The summed E-state index contributed by atoms with van der Waals surface area (Å²) in [5.74, 6) is 2.73. The second-order valence-electron chi connectivity index (χ2n) is 6.88. The van der Waals surface area contributed by atoms with Crippen molar-refractivity contribution in [2.45, 2.75) is 73.1 Å². The molecule has 90 valence electrons. The van der Waals surface area contributed by atoms with Gasteiger partial charge in [0, 0.05) is 0 Å². The lowest BCUT2D eigenvalue weighted by molar-refractivity contribution is 0.0962. The summed E-state index contributed by atoms with van der Waals surface area (Å²) >= 11 is 0. The smallest absolute Gasteiger partial charge is 0.0292 e. The van der Waals surface area contributed by atoms with Gasteiger partial charge < -0.3 is 0 Å². The van der Waals surface area contributed by atoms with Gasteiger partial charge in [0.25, 0.3) is 0 Å². The molecule has 0 heterocycles. The van der Waals surface area contributed by atoms with Gasteiger partial charge in [-0.15, -0.1) is 0 Å². The minimum atomic E-state index is 0.703. The molecule has 1 aliphatic rings. The Hall–Kier alpha value is 0. The number of rotatable bonds is 4. The van der Waals surface area contributed by atoms with E-state index in [9.17, 15) is 0 Å². The minimum Gasteiger partial charge on any atom is -0.0628 e. The standard InChI is InChI=1S/C15H30/c1-12(2)10-15(11-13(3)4)8-6-14(5)7-9-15/h12-14H,6-11H2,1-5H3. The van der Waals surface area contributed by atoms with Crippen LogP contribution in [0.4, 0.5) is 0 Å². The molecule has 0 spiro atoms. The van der Waals surface area contributed by atoms with E-state index in [0.717, 1.165) is 17.8 Å². The van der Waals surface area contributed by atoms with E-state index >= 15 is 0 Å². The molecule has 1 rings (SSSR count). The van der Waals surface area contributed by atoms with Crippen molar-refractivity contribution in [3.63, 3.8) is 0 Å². The zero-order chi connectivity index (χ0) is 11.5. The Kier molecular flexibility index (Phi) is 4.67. The van der Waals surface area contributed by atoms with Crippen LogP contribution in [0.2, 0.25) is 0 Å². The lowest BCUT2D eigenvalue weighted by atomic mass is 9.63. The van der Waals surface area contributed by atoms with E-state index in [1.165, 1.54) is 38.5 Å². The normalized spacial score (nSPS) is 22.6. The zero-order valence-electron chi connectivity index (χ0n) is 11.5. The molecule has 1 fully saturated rings. The fourth-order valence-electron chi connectivity index (χ4n) is 3.60. The molecule has 0 aliphatic heterocycles. The maximum atomic E-state index is 2.43. The Bertz CT molecular complexity index is 158. The van der Waals surface area contributed by atoms with Crippen LogP contribution >= 0.6 is 0 Å². The molecule has 15 heavy (non-hydrogen) atoms. The molecule has 0 radical (unpaired) electrons. The first-order chi connectivity index (χ1) is 6.93. The first-order valence-corrected chi connectivity index (χ1v) is 6.93. The van der Waals surface area contributed by atoms with Crippen LogP contribution in [0, 0.1) is 23.2 Å². The van der Waals surface area contributed by atoms with Crippen molar-refractivity contribution in [2.24, 2.45) is 23.2 Å². The molecule has 0 saturated heterocycles. The number of hydrogen-bond donors (Lipinski definition) is 0. The highest BCUT2D eigenvalue weighted by atomic mass is 14.4. The van der Waals surface area contributed by atoms with Crippen LogP contribution < -0.4 is 0 Å². The number of hydrogen-bond acceptors (Lipinski definition) is 0. The van der Waals surface area contributed by atoms with Crippen molar-refractivity contribution >= 4 is 0 Å². The molecule has 0 aromatic carbocycles. The van der Waals surface area contributed by atoms with Crippen molar-refractivity contribution in [1.82, 2.24) is 0 Å². The summed E-state index contributed by atoms with van der Waals surface area (Å²) in [6.07, 6.45) is 8.84. The molecule has 0 amide bonds. The van der Waals surface area contributed by atoms with Gasteiger partial charge in [0.05, 0.1) is 0 Å². The molecule has 0 bridgehead atoms. The Morgan fingerprint density at radius 1 is 0.933 bits per heavy atom. The molecule has 0 heteroatoms. The average Bonchev–Trinajstić information content (AvgIpc) is 2.08. The first-order valence-electron chi connectivity index (χ1n) is 6.93. The van der Waals surface area contributed by atoms with Crippen LogP contribution in [0.3, 0.4) is 0 Å². The van der Waals surface area contributed by atoms with Gasteiger partial charge >= 0.3 is 0 Å². The van der Waals surface area contributed by atoms with Gasteiger partial charge in [0.15, 0.2) is 0 Å². The van der Waals surface area contributed by atoms with E-state index in [4.69, 9.17) is 0 Å². The van der Waals surface area contributed by atoms with E-state index in [2.05, 4.69) is 34.6 Å². The van der Waals surface area contributed by atoms with Crippen LogP contribution in [0.15, 0.2) is 0 Å². The van der Waals surface area contributed by atoms with Crippen LogP contribution in [-0.2, 0) is 0 Å². The van der Waals surface area contributed by atoms with Gasteiger partial charge in [-0.3, -0.25) is 0 Å². The van der Waals surface area contributed by atoms with Gasteiger partial charge in [-0.1, -0.05) is 47.5 Å². The van der Waals surface area contributed by atoms with E-state index < -0.39 is 0 Å². The minimum absolute atomic E-state index is 0.703. The fourth-order valence-corrected chi connectivity index (χ4v) is 3.60. The predicted molar refractivity (Wildman–Crippen MR) is 69.0 cm³/mol. The lowest BCUT2D eigenvalue weighted by Crippen LogP contribution is -2.30. The third kappa shape index (κ3) is 4.17. The molecule has 0 unspecified atom stereocenters. The molecule has 0 aromatic heterocycles. The maximum Gasteiger partial charge on any atom is -0.0292 e. The summed E-state index contributed by atoms with van der Waals surface area (Å²) in [5, 5.41) is 0. The molecular formula is C15H30. The SMILES string of the molecule is CC(C)CC1(CC(C)C)CCC(C)CC1. The van der Waals surface area contributed by atoms with Crippen LogP contribution in [-0.4, -0.2) is 0 Å². The Labute approximate surface area is 96.8 Å². The molecule has 1 aliphatic carbocycles. The van der Waals surface area contributed by atoms with Crippen molar-refractivity contribution in [1.29, 1.82) is 0 Å². The van der Waals surface area contributed by atoms with Gasteiger partial charge in [0.2, 0.25) is 0 Å². The zero-order valence-corrected chi connectivity index (χ0v) is 11.5. The molecule has 0 aromatic rings. The molecule has 1 saturated carbocycles. The monoisotopic (exact) mass is 210 g/mol. The van der Waals surface area contributed by atoms with Gasteiger partial charge in [-0.2, -0.15) is 0 Å². The summed E-state index contributed by atoms with van der Waals surface area (Å²) < 4.78 is 0. The fraction of sp³-hybridized carbons (Fsp3) is 1.00. The maximum absolute atomic E-state index is 2.43. The third-order valence-electron chi connectivity index (χ3n) is 4.02. The molecular weight excluding hydrogens is 180 g/mol. The van der Waals surface area contributed by atoms with Gasteiger partial charge in [-0.25, -0.2) is 0 Å². The van der Waals surface area contributed by atoms with Crippen LogP contribution in [0.5, 0.6) is 0 Å². The summed E-state index contributed by atoms with van der Waals surface area (Å²) in [6.45, 7) is 12.0. The second kappa shape index (κ2) is 5.37. The van der Waals surface area contributed by atoms with E-state index in [1.807, 2.05) is 0 Å². The Morgan fingerprint density at radius 3 is 1.67 bits per heavy atom. The molecule has 0 atom stereocenters. The highest BCUT2D eigenvalue weighted by molar-refractivity contribution is 4.86. The van der Waals surface area contributed by atoms with Crippen molar-refractivity contribution < 1.29 is 0 Å². The van der Waals surface area contributed by atoms with Crippen LogP contribution in [0.1, 0.15) is 73.1 Å². The second-order valence-corrected chi connectivity index (χ2v) is 6.88. The molecule has 0 nitrogen and oxygen atoms in total. The predicted octanol–water partition coefficient (Wildman–Crippen LogP) is 5.28. The highest BCUT2D eigenvalue weighted by Gasteiger charge is 2.34. The lowest BCUT2D eigenvalue weighted by Gasteiger charge is -2.42.